The number of halogens is 6. The maximum Gasteiger partial charge on any atom is 0.491 e. The Morgan fingerprint density at radius 1 is 0.617 bits per heavy atom. The number of benzene rings is 2. The lowest BCUT2D eigenvalue weighted by Gasteiger charge is -2.29. The summed E-state index contributed by atoms with van der Waals surface area (Å²) in [5, 5.41) is 24.9. The third-order valence-electron chi connectivity index (χ3n) is 8.95. The fourth-order valence-corrected chi connectivity index (χ4v) is 6.36. The number of fused-ring (bicyclic) bond motifs is 2. The van der Waals surface area contributed by atoms with Crippen LogP contribution in [0.4, 0.5) is 37.7 Å². The fourth-order valence-electron chi connectivity index (χ4n) is 6.36. The van der Waals surface area contributed by atoms with Gasteiger partial charge in [-0.3, -0.25) is 19.2 Å². The minimum atomic E-state index is -5.64. The molecule has 1 aliphatic carbocycles. The molecule has 22 heteroatoms. The number of aliphatic hydroxyl groups is 2. The van der Waals surface area contributed by atoms with Gasteiger partial charge in [-0.2, -0.15) is 26.3 Å². The number of aliphatic hydroxyl groups excluding tert-OH is 2. The summed E-state index contributed by atoms with van der Waals surface area (Å²) in [7, 11) is 0. The highest BCUT2D eigenvalue weighted by Crippen LogP contribution is 2.44. The lowest BCUT2D eigenvalue weighted by atomic mass is 9.81. The van der Waals surface area contributed by atoms with Gasteiger partial charge in [0.25, 0.3) is 0 Å². The molecule has 0 spiro atoms. The van der Waals surface area contributed by atoms with Crippen LogP contribution in [-0.4, -0.2) is 132 Å². The quantitative estimate of drug-likeness (QED) is 0.0544. The number of alkyl halides is 6. The maximum absolute atomic E-state index is 14.5. The molecule has 0 fully saturated rings. The molecule has 3 rings (SSSR count). The van der Waals surface area contributed by atoms with Crippen molar-refractivity contribution in [2.45, 2.75) is 65.0 Å². The van der Waals surface area contributed by atoms with Gasteiger partial charge in [0.05, 0.1) is 47.6 Å². The topological polar surface area (TPSA) is 244 Å². The number of carbonyl (C=O) groups is 6. The molecule has 0 saturated carbocycles. The number of hydrogen-bond acceptors (Lipinski definition) is 14. The Balaban J connectivity index is 2.18. The van der Waals surface area contributed by atoms with Crippen molar-refractivity contribution in [3.8, 4) is 11.5 Å². The lowest BCUT2D eigenvalue weighted by molar-refractivity contribution is -0.190. The van der Waals surface area contributed by atoms with E-state index in [1.165, 1.54) is 21.9 Å². The van der Waals surface area contributed by atoms with Crippen LogP contribution in [0.2, 0.25) is 0 Å². The third-order valence-corrected chi connectivity index (χ3v) is 8.95. The van der Waals surface area contributed by atoms with E-state index in [0.717, 1.165) is 0 Å². The van der Waals surface area contributed by atoms with Crippen LogP contribution < -0.4 is 31.6 Å². The number of nitrogens with zero attached hydrogens (tertiary/aromatic N) is 2. The van der Waals surface area contributed by atoms with Crippen LogP contribution in [0, 0.1) is 11.8 Å². The van der Waals surface area contributed by atoms with Gasteiger partial charge in [0.2, 0.25) is 23.4 Å². The molecule has 0 bridgehead atoms. The number of ether oxygens (including phenoxy) is 2. The fraction of sp³-hybridized carbons (Fsp3) is 0.526. The molecule has 0 radical (unpaired) electrons. The molecule has 2 aromatic carbocycles. The highest BCUT2D eigenvalue weighted by atomic mass is 19.4. The highest BCUT2D eigenvalue weighted by molar-refractivity contribution is 6.33. The summed E-state index contributed by atoms with van der Waals surface area (Å²) in [6.45, 7) is 5.50. The second kappa shape index (κ2) is 20.8. The molecule has 0 aliphatic heterocycles. The van der Waals surface area contributed by atoms with E-state index in [9.17, 15) is 65.3 Å². The summed E-state index contributed by atoms with van der Waals surface area (Å²) < 4.78 is 88.9. The number of carbonyl (C=O) groups excluding carboxylic acids is 6. The van der Waals surface area contributed by atoms with Crippen LogP contribution in [0.3, 0.4) is 0 Å². The zero-order valence-corrected chi connectivity index (χ0v) is 33.2. The first-order chi connectivity index (χ1) is 27.9. The van der Waals surface area contributed by atoms with E-state index in [1.54, 1.807) is 0 Å². The summed E-state index contributed by atoms with van der Waals surface area (Å²) in [6.07, 6.45) is -10.7. The van der Waals surface area contributed by atoms with E-state index in [-0.39, 0.29) is 62.5 Å². The number of ketones is 2. The number of rotatable bonds is 20. The largest absolute Gasteiger partial charge is 0.491 e. The summed E-state index contributed by atoms with van der Waals surface area (Å²) in [6, 6.07) is 1.54. The van der Waals surface area contributed by atoms with Gasteiger partial charge in [0.1, 0.15) is 11.5 Å². The number of hydrogen-bond donors (Lipinski definition) is 6. The molecular formula is C38H48F6N6O10. The van der Waals surface area contributed by atoms with Crippen molar-refractivity contribution >= 4 is 46.7 Å². The van der Waals surface area contributed by atoms with Crippen molar-refractivity contribution < 1.29 is 74.8 Å². The first-order valence-corrected chi connectivity index (χ1v) is 18.7. The van der Waals surface area contributed by atoms with Gasteiger partial charge in [-0.25, -0.2) is 9.59 Å². The van der Waals surface area contributed by atoms with E-state index < -0.39 is 107 Å². The minimum absolute atomic E-state index is 0.0432. The molecule has 2 atom stereocenters. The minimum Gasteiger partial charge on any atom is -0.419 e. The highest BCUT2D eigenvalue weighted by Gasteiger charge is 2.46. The van der Waals surface area contributed by atoms with Gasteiger partial charge in [-0.1, -0.05) is 27.7 Å². The average Bonchev–Trinajstić information content (AvgIpc) is 3.14. The molecule has 2 aromatic rings. The molecule has 0 aromatic heterocycles. The van der Waals surface area contributed by atoms with Crippen LogP contribution in [-0.2, 0) is 19.2 Å². The van der Waals surface area contributed by atoms with E-state index in [1.807, 2.05) is 27.7 Å². The molecule has 8 N–H and O–H groups in total. The Morgan fingerprint density at radius 3 is 1.23 bits per heavy atom. The van der Waals surface area contributed by atoms with Crippen LogP contribution in [0.1, 0.15) is 72.4 Å². The number of anilines is 2. The van der Waals surface area contributed by atoms with Gasteiger partial charge in [0, 0.05) is 50.6 Å². The molecule has 332 valence electrons. The average molecular weight is 863 g/mol. The Bertz CT molecular complexity index is 1790. The monoisotopic (exact) mass is 862 g/mol. The van der Waals surface area contributed by atoms with Crippen molar-refractivity contribution in [2.24, 2.45) is 23.3 Å². The normalized spacial score (nSPS) is 13.7. The molecule has 16 nitrogen and oxygen atoms in total. The van der Waals surface area contributed by atoms with Crippen molar-refractivity contribution in [1.82, 2.24) is 9.80 Å². The van der Waals surface area contributed by atoms with Gasteiger partial charge in [-0.05, 0) is 48.9 Å². The SMILES string of the molecule is CC(C)C[C@@H](N)C(=O)N(CCO)CCNc1ccc(NCCN(CCO)C(=O)[C@@H](N)CC(C)C)c2c1C(=O)c1c(OC(=O)C(F)(F)F)ccc(OC(=O)C(F)(F)F)c1C2=O. The summed E-state index contributed by atoms with van der Waals surface area (Å²) in [4.78, 5) is 81.4. The van der Waals surface area contributed by atoms with Crippen LogP contribution in [0.25, 0.3) is 0 Å². The van der Waals surface area contributed by atoms with Crippen molar-refractivity contribution in [2.75, 3.05) is 63.1 Å². The first-order valence-electron chi connectivity index (χ1n) is 18.7. The Hall–Kier alpha value is -5.32. The molecule has 1 aliphatic rings. The summed E-state index contributed by atoms with van der Waals surface area (Å²) in [5.41, 5.74) is 8.29. The predicted octanol–water partition coefficient (Wildman–Crippen LogP) is 2.61. The zero-order chi connectivity index (χ0) is 45.3. The van der Waals surface area contributed by atoms with E-state index >= 15 is 0 Å². The molecular weight excluding hydrogens is 814 g/mol. The number of nitrogens with two attached hydrogens (primary N) is 2. The molecule has 0 unspecified atom stereocenters. The maximum atomic E-state index is 14.5. The third kappa shape index (κ3) is 12.4. The number of esters is 2. The van der Waals surface area contributed by atoms with E-state index in [0.29, 0.717) is 25.0 Å². The van der Waals surface area contributed by atoms with Crippen LogP contribution in [0.5, 0.6) is 11.5 Å². The number of nitrogens with one attached hydrogen (secondary N) is 2. The summed E-state index contributed by atoms with van der Waals surface area (Å²) >= 11 is 0. The van der Waals surface area contributed by atoms with Crippen molar-refractivity contribution in [3.05, 3.63) is 46.5 Å². The first kappa shape index (κ1) is 49.0. The molecule has 0 saturated heterocycles. The van der Waals surface area contributed by atoms with Crippen LogP contribution >= 0.6 is 0 Å². The van der Waals surface area contributed by atoms with Gasteiger partial charge >= 0.3 is 24.3 Å². The van der Waals surface area contributed by atoms with Gasteiger partial charge in [0.15, 0.2) is 0 Å². The summed E-state index contributed by atoms with van der Waals surface area (Å²) in [5.74, 6) is -11.8. The standard InChI is InChI=1S/C38H48F6N6O10/c1-19(2)17-21(45)33(55)49(13-15-51)11-9-47-23-5-6-24(48-10-12-50(14-16-52)34(56)22(46)18-20(3)4)28-27(23)31(53)29-25(59-35(57)37(39,40)41)7-8-26(30(29)32(28)54)60-36(58)38(42,43)44/h5-8,19-22,47-48,51-52H,9-18,45-46H2,1-4H3/t21-,22+. The van der Waals surface area contributed by atoms with Crippen LogP contribution in [0.15, 0.2) is 24.3 Å². The van der Waals surface area contributed by atoms with Crippen molar-refractivity contribution in [3.63, 3.8) is 0 Å². The molecule has 2 amide bonds. The van der Waals surface area contributed by atoms with Gasteiger partial charge < -0.3 is 51.6 Å². The van der Waals surface area contributed by atoms with E-state index in [2.05, 4.69) is 20.1 Å². The molecule has 60 heavy (non-hydrogen) atoms. The lowest BCUT2D eigenvalue weighted by Crippen LogP contribution is -2.47. The Labute approximate surface area is 340 Å². The molecule has 0 heterocycles. The van der Waals surface area contributed by atoms with Gasteiger partial charge in [-0.15, -0.1) is 0 Å². The number of amides is 2. The predicted molar refractivity (Wildman–Crippen MR) is 202 cm³/mol. The second-order valence-electron chi connectivity index (χ2n) is 14.6. The smallest absolute Gasteiger partial charge is 0.419 e. The Kier molecular flexibility index (Phi) is 17.0. The zero-order valence-electron chi connectivity index (χ0n) is 33.2. The van der Waals surface area contributed by atoms with E-state index in [4.69, 9.17) is 11.5 Å². The van der Waals surface area contributed by atoms with Crippen molar-refractivity contribution in [1.29, 1.82) is 0 Å². The Morgan fingerprint density at radius 2 is 0.950 bits per heavy atom. The second-order valence-corrected chi connectivity index (χ2v) is 14.6.